The Hall–Kier alpha value is -3.16. The first-order valence-corrected chi connectivity index (χ1v) is 9.58. The number of hydrogen-bond acceptors (Lipinski definition) is 6. The highest BCUT2D eigenvalue weighted by molar-refractivity contribution is 5.91. The van der Waals surface area contributed by atoms with E-state index in [4.69, 9.17) is 9.15 Å². The van der Waals surface area contributed by atoms with Gasteiger partial charge in [-0.05, 0) is 70.1 Å². The average Bonchev–Trinajstić information content (AvgIpc) is 2.69. The van der Waals surface area contributed by atoms with Crippen molar-refractivity contribution in [2.45, 2.75) is 58.5 Å². The van der Waals surface area contributed by atoms with Gasteiger partial charge in [0.25, 0.3) is 0 Å². The van der Waals surface area contributed by atoms with Gasteiger partial charge in [-0.15, -0.1) is 0 Å². The summed E-state index contributed by atoms with van der Waals surface area (Å²) in [4.78, 5) is 34.7. The number of rotatable bonds is 7. The fraction of sp³-hybridized carbons (Fsp3) is 0.429. The highest BCUT2D eigenvalue weighted by Gasteiger charge is 2.29. The van der Waals surface area contributed by atoms with Crippen LogP contribution in [0.1, 0.15) is 49.7 Å². The lowest BCUT2D eigenvalue weighted by molar-refractivity contribution is -0.384. The molecule has 0 saturated carbocycles. The van der Waals surface area contributed by atoms with Gasteiger partial charge in [-0.3, -0.25) is 10.1 Å². The molecule has 8 heteroatoms. The molecule has 0 radical (unpaired) electrons. The zero-order valence-corrected chi connectivity index (χ0v) is 16.4. The van der Waals surface area contributed by atoms with Gasteiger partial charge in [0, 0.05) is 10.9 Å². The Morgan fingerprint density at radius 3 is 2.69 bits per heavy atom. The molecule has 0 saturated heterocycles. The molecule has 1 aliphatic carbocycles. The topological polar surface area (TPSA) is 120 Å². The highest BCUT2D eigenvalue weighted by Crippen LogP contribution is 2.37. The van der Waals surface area contributed by atoms with Crippen LogP contribution in [0, 0.1) is 24.0 Å². The quantitative estimate of drug-likeness (QED) is 0.315. The summed E-state index contributed by atoms with van der Waals surface area (Å²) < 4.78 is 10.7. The van der Waals surface area contributed by atoms with Crippen molar-refractivity contribution >= 4 is 22.6 Å². The van der Waals surface area contributed by atoms with Crippen LogP contribution >= 0.6 is 0 Å². The van der Waals surface area contributed by atoms with E-state index in [2.05, 4.69) is 6.08 Å². The lowest BCUT2D eigenvalue weighted by Gasteiger charge is -2.18. The highest BCUT2D eigenvalue weighted by atomic mass is 16.6. The molecule has 0 bridgehead atoms. The maximum atomic E-state index is 12.0. The summed E-state index contributed by atoms with van der Waals surface area (Å²) in [5.74, 6) is -1.42. The van der Waals surface area contributed by atoms with E-state index in [9.17, 15) is 24.8 Å². The van der Waals surface area contributed by atoms with Crippen molar-refractivity contribution in [2.24, 2.45) is 0 Å². The monoisotopic (exact) mass is 401 g/mol. The van der Waals surface area contributed by atoms with Crippen molar-refractivity contribution in [2.75, 3.05) is 0 Å². The third-order valence-corrected chi connectivity index (χ3v) is 5.40. The molecule has 3 rings (SSSR count). The van der Waals surface area contributed by atoms with Gasteiger partial charge < -0.3 is 14.3 Å². The number of aliphatic carboxylic acids is 1. The lowest BCUT2D eigenvalue weighted by atomic mass is 9.95. The maximum absolute atomic E-state index is 12.0. The molecule has 1 aromatic carbocycles. The van der Waals surface area contributed by atoms with Crippen LogP contribution in [0.5, 0.6) is 5.75 Å². The minimum atomic E-state index is -1.24. The number of benzene rings is 1. The Balaban J connectivity index is 1.96. The summed E-state index contributed by atoms with van der Waals surface area (Å²) in [5, 5.41) is 21.7. The molecular formula is C21H23NO7. The van der Waals surface area contributed by atoms with Gasteiger partial charge in [0.15, 0.2) is 6.10 Å². The Kier molecular flexibility index (Phi) is 6.00. The van der Waals surface area contributed by atoms with E-state index >= 15 is 0 Å². The van der Waals surface area contributed by atoms with Gasteiger partial charge in [-0.2, -0.15) is 0 Å². The first-order chi connectivity index (χ1) is 13.8. The van der Waals surface area contributed by atoms with Crippen LogP contribution in [0.15, 0.2) is 33.0 Å². The minimum absolute atomic E-state index is 0.202. The molecule has 1 heterocycles. The second kappa shape index (κ2) is 8.46. The van der Waals surface area contributed by atoms with Crippen molar-refractivity contribution in [1.29, 1.82) is 0 Å². The molecule has 29 heavy (non-hydrogen) atoms. The van der Waals surface area contributed by atoms with Crippen LogP contribution in [0.25, 0.3) is 11.0 Å². The van der Waals surface area contributed by atoms with Crippen molar-refractivity contribution in [3.63, 3.8) is 0 Å². The number of nitro benzene ring substituents is 1. The van der Waals surface area contributed by atoms with Crippen LogP contribution in [-0.4, -0.2) is 22.1 Å². The third-order valence-electron chi connectivity index (χ3n) is 5.40. The van der Waals surface area contributed by atoms with E-state index in [1.165, 1.54) is 11.6 Å². The molecule has 0 amide bonds. The SMILES string of the molecule is Cc1c(C)c2ccc(OC(CCC3=CCCCC3)C(=O)O)c([N+](=O)[O-])c2oc1=O. The molecule has 1 aliphatic rings. The molecule has 2 aromatic rings. The van der Waals surface area contributed by atoms with Gasteiger partial charge in [0.2, 0.25) is 11.3 Å². The van der Waals surface area contributed by atoms with E-state index in [0.717, 1.165) is 25.7 Å². The fourth-order valence-electron chi connectivity index (χ4n) is 3.58. The van der Waals surface area contributed by atoms with Gasteiger partial charge in [0.05, 0.1) is 4.92 Å². The standard InChI is InChI=1S/C21H23NO7/c1-12-13(2)21(25)29-19-15(12)9-11-16(18(19)22(26)27)28-17(20(23)24)10-8-14-6-4-3-5-7-14/h6,9,11,17H,3-5,7-8,10H2,1-2H3,(H,23,24). The van der Waals surface area contributed by atoms with Crippen molar-refractivity contribution in [3.05, 3.63) is 55.4 Å². The van der Waals surface area contributed by atoms with Gasteiger partial charge in [0.1, 0.15) is 0 Å². The first-order valence-electron chi connectivity index (χ1n) is 9.58. The predicted octanol–water partition coefficient (Wildman–Crippen LogP) is 4.43. The third kappa shape index (κ3) is 4.31. The Morgan fingerprint density at radius 2 is 2.07 bits per heavy atom. The number of carbonyl (C=O) groups is 1. The smallest absolute Gasteiger partial charge is 0.353 e. The van der Waals surface area contributed by atoms with Gasteiger partial charge in [-0.25, -0.2) is 9.59 Å². The Labute approximate surface area is 166 Å². The second-order valence-electron chi connectivity index (χ2n) is 7.28. The molecule has 1 unspecified atom stereocenters. The molecule has 0 aliphatic heterocycles. The summed E-state index contributed by atoms with van der Waals surface area (Å²) in [7, 11) is 0. The zero-order chi connectivity index (χ0) is 21.1. The molecule has 1 N–H and O–H groups in total. The molecule has 8 nitrogen and oxygen atoms in total. The second-order valence-corrected chi connectivity index (χ2v) is 7.28. The van der Waals surface area contributed by atoms with Crippen LogP contribution < -0.4 is 10.4 Å². The number of nitrogens with zero attached hydrogens (tertiary/aromatic N) is 1. The summed E-state index contributed by atoms with van der Waals surface area (Å²) in [6.07, 6.45) is 5.79. The van der Waals surface area contributed by atoms with E-state index in [0.29, 0.717) is 22.9 Å². The van der Waals surface area contributed by atoms with Crippen LogP contribution in [-0.2, 0) is 4.79 Å². The number of nitro groups is 1. The number of carboxylic acids is 1. The lowest BCUT2D eigenvalue weighted by Crippen LogP contribution is -2.27. The number of aryl methyl sites for hydroxylation is 1. The normalized spacial score (nSPS) is 15.0. The van der Waals surface area contributed by atoms with E-state index < -0.39 is 28.3 Å². The number of fused-ring (bicyclic) bond motifs is 1. The number of ether oxygens (including phenoxy) is 1. The molecule has 1 atom stereocenters. The number of allylic oxidation sites excluding steroid dienone is 2. The molecule has 1 aromatic heterocycles. The number of carboxylic acid groups (broad SMARTS) is 1. The minimum Gasteiger partial charge on any atom is -0.479 e. The van der Waals surface area contributed by atoms with Crippen LogP contribution in [0.4, 0.5) is 5.69 Å². The van der Waals surface area contributed by atoms with E-state index in [-0.39, 0.29) is 17.8 Å². The summed E-state index contributed by atoms with van der Waals surface area (Å²) in [5.41, 5.74) is 0.714. The van der Waals surface area contributed by atoms with Crippen molar-refractivity contribution in [1.82, 2.24) is 0 Å². The van der Waals surface area contributed by atoms with Gasteiger partial charge >= 0.3 is 17.3 Å². The van der Waals surface area contributed by atoms with E-state index in [1.807, 2.05) is 0 Å². The van der Waals surface area contributed by atoms with Crippen LogP contribution in [0.3, 0.4) is 0 Å². The van der Waals surface area contributed by atoms with Gasteiger partial charge in [-0.1, -0.05) is 11.6 Å². The molecular weight excluding hydrogens is 378 g/mol. The van der Waals surface area contributed by atoms with Crippen LogP contribution in [0.2, 0.25) is 0 Å². The largest absolute Gasteiger partial charge is 0.479 e. The first kappa shape index (κ1) is 20.6. The Morgan fingerprint density at radius 1 is 1.31 bits per heavy atom. The molecule has 154 valence electrons. The summed E-state index contributed by atoms with van der Waals surface area (Å²) in [6, 6.07) is 2.91. The summed E-state index contributed by atoms with van der Waals surface area (Å²) >= 11 is 0. The predicted molar refractivity (Wildman–Crippen MR) is 106 cm³/mol. The van der Waals surface area contributed by atoms with Crippen molar-refractivity contribution in [3.8, 4) is 5.75 Å². The molecule has 0 fully saturated rings. The Bertz CT molecular complexity index is 1050. The molecule has 0 spiro atoms. The maximum Gasteiger partial charge on any atom is 0.353 e. The fourth-order valence-corrected chi connectivity index (χ4v) is 3.58. The summed E-state index contributed by atoms with van der Waals surface area (Å²) in [6.45, 7) is 3.26. The number of hydrogen-bond donors (Lipinski definition) is 1. The van der Waals surface area contributed by atoms with E-state index in [1.54, 1.807) is 19.9 Å². The zero-order valence-electron chi connectivity index (χ0n) is 16.4. The average molecular weight is 401 g/mol. The van der Waals surface area contributed by atoms with Crippen molar-refractivity contribution < 1.29 is 24.0 Å².